The largest absolute Gasteiger partial charge is 0.481 e. The predicted molar refractivity (Wildman–Crippen MR) is 72.6 cm³/mol. The van der Waals surface area contributed by atoms with Gasteiger partial charge in [0.2, 0.25) is 0 Å². The van der Waals surface area contributed by atoms with Gasteiger partial charge in [-0.15, -0.1) is 0 Å². The summed E-state index contributed by atoms with van der Waals surface area (Å²) in [4.78, 5) is 26.8. The Labute approximate surface area is 118 Å². The Kier molecular flexibility index (Phi) is 5.19. The van der Waals surface area contributed by atoms with E-state index < -0.39 is 11.9 Å². The lowest BCUT2D eigenvalue weighted by molar-refractivity contribution is -0.140. The minimum absolute atomic E-state index is 0.158. The van der Waals surface area contributed by atoms with Gasteiger partial charge in [-0.3, -0.25) is 9.69 Å². The van der Waals surface area contributed by atoms with Gasteiger partial charge in [-0.05, 0) is 6.42 Å². The summed E-state index contributed by atoms with van der Waals surface area (Å²) >= 11 is 0. The summed E-state index contributed by atoms with van der Waals surface area (Å²) in [6, 6.07) is 0.246. The van der Waals surface area contributed by atoms with Crippen LogP contribution in [0.5, 0.6) is 0 Å². The molecule has 20 heavy (non-hydrogen) atoms. The lowest BCUT2D eigenvalue weighted by Gasteiger charge is -2.32. The van der Waals surface area contributed by atoms with Gasteiger partial charge in [0.25, 0.3) is 0 Å². The lowest BCUT2D eigenvalue weighted by Crippen LogP contribution is -2.46. The summed E-state index contributed by atoms with van der Waals surface area (Å²) in [6.45, 7) is 6.59. The Morgan fingerprint density at radius 3 is 2.70 bits per heavy atom. The van der Waals surface area contributed by atoms with Gasteiger partial charge in [-0.25, -0.2) is 4.79 Å². The Bertz CT molecular complexity index is 358. The van der Waals surface area contributed by atoms with Crippen molar-refractivity contribution in [1.29, 1.82) is 0 Å². The minimum atomic E-state index is -0.891. The zero-order chi connectivity index (χ0) is 14.5. The standard InChI is InChI=1S/C13H23N3O4/c1-10(12(17)18)8-14-13(19)16-3-2-11(9-16)15-4-6-20-7-5-15/h10-11H,2-9H2,1H3,(H,14,19)(H,17,18). The van der Waals surface area contributed by atoms with Crippen molar-refractivity contribution in [2.75, 3.05) is 45.9 Å². The van der Waals surface area contributed by atoms with Crippen molar-refractivity contribution in [1.82, 2.24) is 15.1 Å². The third-order valence-corrected chi connectivity index (χ3v) is 3.99. The van der Waals surface area contributed by atoms with Crippen LogP contribution in [0.25, 0.3) is 0 Å². The minimum Gasteiger partial charge on any atom is -0.481 e. The molecule has 2 N–H and O–H groups in total. The first-order valence-electron chi connectivity index (χ1n) is 7.15. The molecule has 2 atom stereocenters. The van der Waals surface area contributed by atoms with Crippen LogP contribution in [0.15, 0.2) is 0 Å². The second-order valence-electron chi connectivity index (χ2n) is 5.46. The normalized spacial score (nSPS) is 25.4. The average Bonchev–Trinajstić information content (AvgIpc) is 2.95. The van der Waals surface area contributed by atoms with Crippen LogP contribution in [-0.2, 0) is 9.53 Å². The van der Waals surface area contributed by atoms with Gasteiger partial charge in [0.15, 0.2) is 0 Å². The molecule has 0 radical (unpaired) electrons. The fraction of sp³-hybridized carbons (Fsp3) is 0.846. The van der Waals surface area contributed by atoms with E-state index in [1.807, 2.05) is 0 Å². The molecule has 2 heterocycles. The van der Waals surface area contributed by atoms with Crippen LogP contribution in [0.2, 0.25) is 0 Å². The monoisotopic (exact) mass is 285 g/mol. The van der Waals surface area contributed by atoms with Crippen molar-refractivity contribution in [3.63, 3.8) is 0 Å². The molecule has 0 aromatic heterocycles. The molecule has 2 fully saturated rings. The van der Waals surface area contributed by atoms with Gasteiger partial charge in [-0.2, -0.15) is 0 Å². The molecule has 0 bridgehead atoms. The van der Waals surface area contributed by atoms with Gasteiger partial charge >= 0.3 is 12.0 Å². The Morgan fingerprint density at radius 2 is 2.05 bits per heavy atom. The lowest BCUT2D eigenvalue weighted by atomic mass is 10.2. The van der Waals surface area contributed by atoms with Crippen LogP contribution in [0, 0.1) is 5.92 Å². The highest BCUT2D eigenvalue weighted by Gasteiger charge is 2.31. The number of hydrogen-bond donors (Lipinski definition) is 2. The van der Waals surface area contributed by atoms with Crippen LogP contribution in [0.4, 0.5) is 4.79 Å². The van der Waals surface area contributed by atoms with E-state index in [9.17, 15) is 9.59 Å². The number of hydrogen-bond acceptors (Lipinski definition) is 4. The highest BCUT2D eigenvalue weighted by Crippen LogP contribution is 2.16. The van der Waals surface area contributed by atoms with Gasteiger partial charge in [-0.1, -0.05) is 6.92 Å². The summed E-state index contributed by atoms with van der Waals surface area (Å²) in [5.41, 5.74) is 0. The molecular formula is C13H23N3O4. The number of morpholine rings is 1. The van der Waals surface area contributed by atoms with Crippen LogP contribution in [0.1, 0.15) is 13.3 Å². The number of amides is 2. The van der Waals surface area contributed by atoms with Crippen molar-refractivity contribution in [3.8, 4) is 0 Å². The molecule has 2 rings (SSSR count). The molecule has 0 spiro atoms. The molecule has 2 aliphatic heterocycles. The molecule has 7 heteroatoms. The maximum absolute atomic E-state index is 12.0. The molecule has 2 unspecified atom stereocenters. The number of carbonyl (C=O) groups is 2. The number of ether oxygens (including phenoxy) is 1. The summed E-state index contributed by atoms with van der Waals surface area (Å²) in [5.74, 6) is -1.45. The van der Waals surface area contributed by atoms with Crippen LogP contribution in [0.3, 0.4) is 0 Å². The quantitative estimate of drug-likeness (QED) is 0.749. The summed E-state index contributed by atoms with van der Waals surface area (Å²) in [5, 5.41) is 11.5. The Hall–Kier alpha value is -1.34. The number of carboxylic acid groups (broad SMARTS) is 1. The number of nitrogens with zero attached hydrogens (tertiary/aromatic N) is 2. The number of carboxylic acids is 1. The first-order valence-corrected chi connectivity index (χ1v) is 7.15. The number of urea groups is 1. The van der Waals surface area contributed by atoms with E-state index in [4.69, 9.17) is 9.84 Å². The van der Waals surface area contributed by atoms with E-state index in [0.29, 0.717) is 12.6 Å². The SMILES string of the molecule is CC(CNC(=O)N1CCC(N2CCOCC2)C1)C(=O)O. The fourth-order valence-electron chi connectivity index (χ4n) is 2.61. The molecule has 0 saturated carbocycles. The molecular weight excluding hydrogens is 262 g/mol. The van der Waals surface area contributed by atoms with Crippen molar-refractivity contribution in [3.05, 3.63) is 0 Å². The first-order chi connectivity index (χ1) is 9.58. The molecule has 0 aliphatic carbocycles. The van der Waals surface area contributed by atoms with E-state index in [2.05, 4.69) is 10.2 Å². The van der Waals surface area contributed by atoms with Crippen LogP contribution in [-0.4, -0.2) is 78.9 Å². The number of rotatable bonds is 4. The van der Waals surface area contributed by atoms with E-state index in [0.717, 1.165) is 39.3 Å². The van der Waals surface area contributed by atoms with Crippen molar-refractivity contribution >= 4 is 12.0 Å². The maximum Gasteiger partial charge on any atom is 0.317 e. The van der Waals surface area contributed by atoms with E-state index in [1.54, 1.807) is 11.8 Å². The predicted octanol–water partition coefficient (Wildman–Crippen LogP) is -0.177. The molecule has 0 aromatic carbocycles. The third-order valence-electron chi connectivity index (χ3n) is 3.99. The number of nitrogens with one attached hydrogen (secondary N) is 1. The molecule has 2 saturated heterocycles. The highest BCUT2D eigenvalue weighted by molar-refractivity contribution is 5.76. The molecule has 2 amide bonds. The Morgan fingerprint density at radius 1 is 1.35 bits per heavy atom. The summed E-state index contributed by atoms with van der Waals surface area (Å²) < 4.78 is 5.33. The number of carbonyl (C=O) groups excluding carboxylic acids is 1. The molecule has 7 nitrogen and oxygen atoms in total. The average molecular weight is 285 g/mol. The topological polar surface area (TPSA) is 82.1 Å². The smallest absolute Gasteiger partial charge is 0.317 e. The van der Waals surface area contributed by atoms with Crippen LogP contribution >= 0.6 is 0 Å². The summed E-state index contributed by atoms with van der Waals surface area (Å²) in [7, 11) is 0. The first kappa shape index (κ1) is 15.1. The zero-order valence-electron chi connectivity index (χ0n) is 11.9. The van der Waals surface area contributed by atoms with Gasteiger partial charge < -0.3 is 20.1 Å². The highest BCUT2D eigenvalue weighted by atomic mass is 16.5. The van der Waals surface area contributed by atoms with Crippen molar-refractivity contribution in [2.24, 2.45) is 5.92 Å². The number of aliphatic carboxylic acids is 1. The van der Waals surface area contributed by atoms with Gasteiger partial charge in [0.1, 0.15) is 0 Å². The Balaban J connectivity index is 1.74. The van der Waals surface area contributed by atoms with E-state index in [-0.39, 0.29) is 12.6 Å². The van der Waals surface area contributed by atoms with Gasteiger partial charge in [0, 0.05) is 38.8 Å². The summed E-state index contributed by atoms with van der Waals surface area (Å²) in [6.07, 6.45) is 0.974. The van der Waals surface area contributed by atoms with Gasteiger partial charge in [0.05, 0.1) is 19.1 Å². The maximum atomic E-state index is 12.0. The molecule has 114 valence electrons. The van der Waals surface area contributed by atoms with E-state index >= 15 is 0 Å². The van der Waals surface area contributed by atoms with Crippen LogP contribution < -0.4 is 5.32 Å². The van der Waals surface area contributed by atoms with Crippen molar-refractivity contribution in [2.45, 2.75) is 19.4 Å². The second-order valence-corrected chi connectivity index (χ2v) is 5.46. The van der Waals surface area contributed by atoms with E-state index in [1.165, 1.54) is 0 Å². The molecule has 2 aliphatic rings. The number of likely N-dealkylation sites (tertiary alicyclic amines) is 1. The molecule has 0 aromatic rings. The third kappa shape index (κ3) is 3.83. The zero-order valence-corrected chi connectivity index (χ0v) is 11.9. The fourth-order valence-corrected chi connectivity index (χ4v) is 2.61. The second kappa shape index (κ2) is 6.90. The van der Waals surface area contributed by atoms with Crippen molar-refractivity contribution < 1.29 is 19.4 Å².